The maximum Gasteiger partial charge on any atom is 0.254 e. The zero-order chi connectivity index (χ0) is 22.5. The highest BCUT2D eigenvalue weighted by Gasteiger charge is 2.28. The van der Waals surface area contributed by atoms with Gasteiger partial charge in [0.15, 0.2) is 0 Å². The van der Waals surface area contributed by atoms with Crippen molar-refractivity contribution >= 4 is 11.8 Å². The second-order valence-corrected chi connectivity index (χ2v) is 7.89. The number of benzene rings is 3. The van der Waals surface area contributed by atoms with Crippen LogP contribution in [0.25, 0.3) is 11.1 Å². The quantitative estimate of drug-likeness (QED) is 0.665. The summed E-state index contributed by atoms with van der Waals surface area (Å²) in [6, 6.07) is 21.5. The van der Waals surface area contributed by atoms with Crippen LogP contribution in [0, 0.1) is 11.7 Å². The molecule has 164 valence electrons. The molecule has 0 spiro atoms. The monoisotopic (exact) mass is 432 g/mol. The fourth-order valence-electron chi connectivity index (χ4n) is 4.01. The van der Waals surface area contributed by atoms with Crippen molar-refractivity contribution in [3.8, 4) is 16.9 Å². The van der Waals surface area contributed by atoms with Gasteiger partial charge in [-0.15, -0.1) is 0 Å². The largest absolute Gasteiger partial charge is 0.497 e. The van der Waals surface area contributed by atoms with Crippen molar-refractivity contribution in [3.63, 3.8) is 0 Å². The summed E-state index contributed by atoms with van der Waals surface area (Å²) in [4.78, 5) is 27.2. The van der Waals surface area contributed by atoms with Crippen molar-refractivity contribution in [3.05, 3.63) is 89.7 Å². The van der Waals surface area contributed by atoms with Crippen molar-refractivity contribution in [2.45, 2.75) is 6.42 Å². The lowest BCUT2D eigenvalue weighted by Crippen LogP contribution is -2.37. The molecule has 1 aliphatic heterocycles. The van der Waals surface area contributed by atoms with E-state index in [9.17, 15) is 14.0 Å². The summed E-state index contributed by atoms with van der Waals surface area (Å²) in [5.74, 6) is -0.411. The first-order valence-electron chi connectivity index (χ1n) is 10.6. The lowest BCUT2D eigenvalue weighted by molar-refractivity contribution is -0.124. The molecule has 3 aromatic carbocycles. The highest BCUT2D eigenvalue weighted by atomic mass is 19.1. The molecule has 1 aliphatic rings. The number of ether oxygens (including phenoxy) is 1. The topological polar surface area (TPSA) is 58.6 Å². The predicted molar refractivity (Wildman–Crippen MR) is 121 cm³/mol. The minimum Gasteiger partial charge on any atom is -0.497 e. The first-order chi connectivity index (χ1) is 15.5. The number of hydrogen-bond donors (Lipinski definition) is 1. The second-order valence-electron chi connectivity index (χ2n) is 7.89. The lowest BCUT2D eigenvalue weighted by Gasteiger charge is -2.23. The van der Waals surface area contributed by atoms with Crippen molar-refractivity contribution in [1.82, 2.24) is 10.2 Å². The van der Waals surface area contributed by atoms with E-state index >= 15 is 0 Å². The van der Waals surface area contributed by atoms with Gasteiger partial charge in [-0.25, -0.2) is 4.39 Å². The van der Waals surface area contributed by atoms with Crippen LogP contribution in [0.2, 0.25) is 0 Å². The summed E-state index contributed by atoms with van der Waals surface area (Å²) in [6.07, 6.45) is 0.497. The molecular formula is C26H25FN2O3. The molecule has 0 aromatic heterocycles. The van der Waals surface area contributed by atoms with Gasteiger partial charge in [-0.2, -0.15) is 0 Å². The molecule has 0 bridgehead atoms. The van der Waals surface area contributed by atoms with E-state index in [4.69, 9.17) is 4.74 Å². The average Bonchev–Trinajstić information content (AvgIpc) is 3.00. The lowest BCUT2D eigenvalue weighted by atomic mass is 9.95. The van der Waals surface area contributed by atoms with Crippen LogP contribution in [0.4, 0.5) is 4.39 Å². The van der Waals surface area contributed by atoms with E-state index in [-0.39, 0.29) is 23.9 Å². The fraction of sp³-hybridized carbons (Fsp3) is 0.231. The molecule has 32 heavy (non-hydrogen) atoms. The van der Waals surface area contributed by atoms with Gasteiger partial charge in [0.1, 0.15) is 11.6 Å². The SMILES string of the molecule is COc1cccc(-c2cccc(CC3CN(C(=O)c4cccc(F)c4)CCNC3=O)c2)c1. The molecular weight excluding hydrogens is 407 g/mol. The summed E-state index contributed by atoms with van der Waals surface area (Å²) in [5, 5.41) is 2.90. The van der Waals surface area contributed by atoms with Crippen LogP contribution in [0.3, 0.4) is 0 Å². The highest BCUT2D eigenvalue weighted by Crippen LogP contribution is 2.26. The van der Waals surface area contributed by atoms with Crippen LogP contribution in [-0.2, 0) is 11.2 Å². The Kier molecular flexibility index (Phi) is 6.50. The fourth-order valence-corrected chi connectivity index (χ4v) is 4.01. The van der Waals surface area contributed by atoms with Gasteiger partial charge in [0, 0.05) is 25.2 Å². The van der Waals surface area contributed by atoms with Gasteiger partial charge in [-0.3, -0.25) is 9.59 Å². The molecule has 1 atom stereocenters. The van der Waals surface area contributed by atoms with E-state index in [1.54, 1.807) is 18.1 Å². The van der Waals surface area contributed by atoms with E-state index in [1.165, 1.54) is 18.2 Å². The molecule has 1 heterocycles. The highest BCUT2D eigenvalue weighted by molar-refractivity contribution is 5.95. The van der Waals surface area contributed by atoms with Gasteiger partial charge in [-0.1, -0.05) is 42.5 Å². The number of rotatable bonds is 5. The minimum absolute atomic E-state index is 0.0775. The average molecular weight is 432 g/mol. The van der Waals surface area contributed by atoms with Crippen molar-refractivity contribution in [1.29, 1.82) is 0 Å². The summed E-state index contributed by atoms with van der Waals surface area (Å²) in [7, 11) is 1.64. The number of nitrogens with zero attached hydrogens (tertiary/aromatic N) is 1. The maximum atomic E-state index is 13.6. The number of carbonyl (C=O) groups is 2. The Morgan fingerprint density at radius 2 is 1.81 bits per heavy atom. The van der Waals surface area contributed by atoms with Gasteiger partial charge in [0.05, 0.1) is 13.0 Å². The molecule has 1 unspecified atom stereocenters. The molecule has 3 aromatic rings. The number of halogens is 1. The molecule has 0 saturated carbocycles. The van der Waals surface area contributed by atoms with Gasteiger partial charge in [0.2, 0.25) is 5.91 Å². The van der Waals surface area contributed by atoms with Gasteiger partial charge >= 0.3 is 0 Å². The minimum atomic E-state index is -0.453. The van der Waals surface area contributed by atoms with Gasteiger partial charge < -0.3 is 15.0 Å². The molecule has 6 heteroatoms. The molecule has 1 N–H and O–H groups in total. The first-order valence-corrected chi connectivity index (χ1v) is 10.6. The van der Waals surface area contributed by atoms with Crippen LogP contribution in [0.1, 0.15) is 15.9 Å². The van der Waals surface area contributed by atoms with Crippen LogP contribution in [0.15, 0.2) is 72.8 Å². The molecule has 1 saturated heterocycles. The number of methoxy groups -OCH3 is 1. The van der Waals surface area contributed by atoms with E-state index < -0.39 is 11.7 Å². The van der Waals surface area contributed by atoms with E-state index in [1.807, 2.05) is 42.5 Å². The number of amides is 2. The summed E-state index contributed by atoms with van der Waals surface area (Å²) < 4.78 is 18.9. The summed E-state index contributed by atoms with van der Waals surface area (Å²) >= 11 is 0. The van der Waals surface area contributed by atoms with Crippen LogP contribution in [0.5, 0.6) is 5.75 Å². The molecule has 2 amide bonds. The Morgan fingerprint density at radius 1 is 1.06 bits per heavy atom. The predicted octanol–water partition coefficient (Wildman–Crippen LogP) is 3.93. The number of hydrogen-bond acceptors (Lipinski definition) is 3. The third-order valence-electron chi connectivity index (χ3n) is 5.66. The molecule has 5 nitrogen and oxygen atoms in total. The standard InChI is InChI=1S/C26H25FN2O3/c1-32-24-10-4-7-20(16-24)19-6-2-5-18(13-19)14-22-17-29(12-11-28-25(22)30)26(31)21-8-3-9-23(27)15-21/h2-10,13,15-16,22H,11-12,14,17H2,1H3,(H,28,30). The smallest absolute Gasteiger partial charge is 0.254 e. The Hall–Kier alpha value is -3.67. The molecule has 1 fully saturated rings. The Labute approximate surface area is 186 Å². The van der Waals surface area contributed by atoms with E-state index in [2.05, 4.69) is 11.4 Å². The second kappa shape index (κ2) is 9.64. The maximum absolute atomic E-state index is 13.6. The van der Waals surface area contributed by atoms with E-state index in [0.717, 1.165) is 22.4 Å². The Balaban J connectivity index is 1.53. The zero-order valence-electron chi connectivity index (χ0n) is 17.9. The van der Waals surface area contributed by atoms with Crippen molar-refractivity contribution in [2.24, 2.45) is 5.92 Å². The molecule has 4 rings (SSSR count). The normalized spacial score (nSPS) is 16.2. The van der Waals surface area contributed by atoms with Crippen LogP contribution >= 0.6 is 0 Å². The zero-order valence-corrected chi connectivity index (χ0v) is 17.9. The van der Waals surface area contributed by atoms with Crippen LogP contribution in [-0.4, -0.2) is 43.5 Å². The Morgan fingerprint density at radius 3 is 2.59 bits per heavy atom. The third-order valence-corrected chi connectivity index (χ3v) is 5.66. The Bertz CT molecular complexity index is 1130. The van der Waals surface area contributed by atoms with Gasteiger partial charge in [-0.05, 0) is 53.4 Å². The number of carbonyl (C=O) groups excluding carboxylic acids is 2. The number of nitrogens with one attached hydrogen (secondary N) is 1. The molecule has 0 radical (unpaired) electrons. The third kappa shape index (κ3) is 4.97. The van der Waals surface area contributed by atoms with Crippen LogP contribution < -0.4 is 10.1 Å². The summed E-state index contributed by atoms with van der Waals surface area (Å²) in [5.41, 5.74) is 3.35. The van der Waals surface area contributed by atoms with Crippen molar-refractivity contribution in [2.75, 3.05) is 26.7 Å². The van der Waals surface area contributed by atoms with Gasteiger partial charge in [0.25, 0.3) is 5.91 Å². The van der Waals surface area contributed by atoms with E-state index in [0.29, 0.717) is 19.5 Å². The summed E-state index contributed by atoms with van der Waals surface area (Å²) in [6.45, 7) is 1.05. The molecule has 0 aliphatic carbocycles. The van der Waals surface area contributed by atoms with Crippen molar-refractivity contribution < 1.29 is 18.7 Å². The first kappa shape index (κ1) is 21.6.